The highest BCUT2D eigenvalue weighted by Gasteiger charge is 2.43. The number of benzene rings is 1. The Hall–Kier alpha value is -1.38. The van der Waals surface area contributed by atoms with Gasteiger partial charge in [0.15, 0.2) is 0 Å². The largest absolute Gasteiger partial charge is 0.508 e. The van der Waals surface area contributed by atoms with E-state index in [0.29, 0.717) is 6.61 Å². The molecule has 0 unspecified atom stereocenters. The molecule has 0 bridgehead atoms. The van der Waals surface area contributed by atoms with Gasteiger partial charge in [0, 0.05) is 12.3 Å². The lowest BCUT2D eigenvalue weighted by atomic mass is 9.73. The molecule has 1 aromatic carbocycles. The van der Waals surface area contributed by atoms with Crippen molar-refractivity contribution in [3.8, 4) is 0 Å². The van der Waals surface area contributed by atoms with Crippen LogP contribution < -0.4 is 0 Å². The summed E-state index contributed by atoms with van der Waals surface area (Å²) in [5.41, 5.74) is -0.300. The summed E-state index contributed by atoms with van der Waals surface area (Å²) in [7, 11) is 0. The van der Waals surface area contributed by atoms with Gasteiger partial charge in [0.25, 0.3) is 0 Å². The van der Waals surface area contributed by atoms with E-state index in [-0.39, 0.29) is 24.6 Å². The zero-order chi connectivity index (χ0) is 26.1. The molecule has 1 rings (SSSR count). The lowest BCUT2D eigenvalue weighted by Crippen LogP contribution is -2.47. The van der Waals surface area contributed by atoms with E-state index in [0.717, 1.165) is 5.56 Å². The summed E-state index contributed by atoms with van der Waals surface area (Å²) in [5, 5.41) is 10.5. The summed E-state index contributed by atoms with van der Waals surface area (Å²) < 4.78 is 14.3. The third-order valence-electron chi connectivity index (χ3n) is 5.49. The Labute approximate surface area is 216 Å². The van der Waals surface area contributed by atoms with E-state index in [1.807, 2.05) is 30.3 Å². The topological polar surface area (TPSA) is 99.1 Å². The fourth-order valence-electron chi connectivity index (χ4n) is 3.46. The Morgan fingerprint density at radius 3 is 2.18 bits per heavy atom. The van der Waals surface area contributed by atoms with Crippen molar-refractivity contribution in [3.05, 3.63) is 35.9 Å². The summed E-state index contributed by atoms with van der Waals surface area (Å²) in [6.07, 6.45) is -3.43. The van der Waals surface area contributed by atoms with Crippen molar-refractivity contribution in [1.29, 1.82) is 0 Å². The highest BCUT2D eigenvalue weighted by Crippen LogP contribution is 2.32. The average Bonchev–Trinajstić information content (AvgIpc) is 2.74. The zero-order valence-corrected chi connectivity index (χ0v) is 22.3. The molecule has 0 saturated heterocycles. The van der Waals surface area contributed by atoms with Crippen molar-refractivity contribution in [1.82, 2.24) is 0 Å². The lowest BCUT2D eigenvalue weighted by molar-refractivity contribution is -0.144. The summed E-state index contributed by atoms with van der Waals surface area (Å²) in [6.45, 7) is 7.76. The molecule has 1 aromatic rings. The van der Waals surface area contributed by atoms with Crippen molar-refractivity contribution in [2.45, 2.75) is 63.6 Å². The van der Waals surface area contributed by atoms with Gasteiger partial charge in [0.1, 0.15) is 24.3 Å². The Balaban J connectivity index is 2.98. The highest BCUT2D eigenvalue weighted by atomic mass is 35.6. The number of carbonyl (C=O) groups excluding carboxylic acids is 3. The summed E-state index contributed by atoms with van der Waals surface area (Å²) in [4.78, 5) is 37.1. The molecule has 10 heteroatoms. The highest BCUT2D eigenvalue weighted by molar-refractivity contribution is 6.67. The summed E-state index contributed by atoms with van der Waals surface area (Å²) in [6, 6.07) is 9.51. The molecule has 34 heavy (non-hydrogen) atoms. The first-order chi connectivity index (χ1) is 15.6. The standard InChI is InChI=1S/C24H33Cl3O7/c1-15(12-32-13-18-9-7-6-8-10-18)20(34-22(31)33-14-24(25,26)27)17(3)21(30)23(4,5)19(29)11-16(2)28/h6-10,15,17,19-20,29H,11-14H2,1-5H3/t15-,17+,19-,20-/m0/s1. The predicted octanol–water partition coefficient (Wildman–Crippen LogP) is 5.30. The molecule has 0 heterocycles. The van der Waals surface area contributed by atoms with E-state index in [1.54, 1.807) is 27.7 Å². The number of aliphatic hydroxyl groups is 1. The second-order valence-corrected chi connectivity index (χ2v) is 11.5. The minimum atomic E-state index is -1.82. The second kappa shape index (κ2) is 13.6. The fraction of sp³-hybridized carbons (Fsp3) is 0.625. The van der Waals surface area contributed by atoms with Gasteiger partial charge in [0.2, 0.25) is 3.79 Å². The van der Waals surface area contributed by atoms with Crippen LogP contribution in [0, 0.1) is 17.3 Å². The smallest absolute Gasteiger partial charge is 0.430 e. The molecule has 0 saturated carbocycles. The number of hydrogen-bond donors (Lipinski definition) is 1. The Kier molecular flexibility index (Phi) is 12.3. The normalized spacial score (nSPS) is 15.7. The molecule has 0 aliphatic rings. The van der Waals surface area contributed by atoms with E-state index in [2.05, 4.69) is 0 Å². The second-order valence-electron chi connectivity index (χ2n) is 9.01. The number of halogens is 3. The maximum Gasteiger partial charge on any atom is 0.508 e. The van der Waals surface area contributed by atoms with Crippen LogP contribution in [0.3, 0.4) is 0 Å². The minimum Gasteiger partial charge on any atom is -0.430 e. The third kappa shape index (κ3) is 10.5. The van der Waals surface area contributed by atoms with Gasteiger partial charge >= 0.3 is 6.16 Å². The molecule has 0 aliphatic heterocycles. The van der Waals surface area contributed by atoms with E-state index in [1.165, 1.54) is 6.92 Å². The number of hydrogen-bond acceptors (Lipinski definition) is 7. The van der Waals surface area contributed by atoms with Crippen LogP contribution in [-0.4, -0.2) is 52.0 Å². The van der Waals surface area contributed by atoms with Crippen LogP contribution in [0.4, 0.5) is 4.79 Å². The summed E-state index contributed by atoms with van der Waals surface area (Å²) in [5.74, 6) is -1.90. The molecule has 0 fully saturated rings. The monoisotopic (exact) mass is 538 g/mol. The number of ketones is 2. The Bertz CT molecular complexity index is 809. The average molecular weight is 540 g/mol. The number of aliphatic hydroxyl groups excluding tert-OH is 1. The number of alkyl halides is 3. The zero-order valence-electron chi connectivity index (χ0n) is 20.1. The van der Waals surface area contributed by atoms with E-state index < -0.39 is 46.0 Å². The van der Waals surface area contributed by atoms with Gasteiger partial charge in [-0.1, -0.05) is 92.8 Å². The van der Waals surface area contributed by atoms with Gasteiger partial charge in [-0.2, -0.15) is 0 Å². The predicted molar refractivity (Wildman–Crippen MR) is 131 cm³/mol. The van der Waals surface area contributed by atoms with Crippen molar-refractivity contribution in [2.24, 2.45) is 17.3 Å². The SMILES string of the molecule is CC(=O)C[C@H](O)C(C)(C)C(=O)[C@H](C)[C@@H](OC(=O)OCC(Cl)(Cl)Cl)[C@@H](C)COCc1ccccc1. The third-order valence-corrected chi connectivity index (χ3v) is 5.82. The molecule has 192 valence electrons. The molecule has 1 N–H and O–H groups in total. The van der Waals surface area contributed by atoms with Gasteiger partial charge in [-0.15, -0.1) is 0 Å². The molecular formula is C24H33Cl3O7. The van der Waals surface area contributed by atoms with E-state index in [9.17, 15) is 19.5 Å². The van der Waals surface area contributed by atoms with Gasteiger partial charge < -0.3 is 19.3 Å². The van der Waals surface area contributed by atoms with E-state index in [4.69, 9.17) is 49.0 Å². The Morgan fingerprint density at radius 2 is 1.65 bits per heavy atom. The van der Waals surface area contributed by atoms with Gasteiger partial charge in [-0.25, -0.2) is 4.79 Å². The molecule has 0 spiro atoms. The van der Waals surface area contributed by atoms with Crippen LogP contribution in [0.1, 0.15) is 46.6 Å². The molecule has 0 aliphatic carbocycles. The maximum absolute atomic E-state index is 13.3. The van der Waals surface area contributed by atoms with Crippen molar-refractivity contribution in [2.75, 3.05) is 13.2 Å². The maximum atomic E-state index is 13.3. The van der Waals surface area contributed by atoms with Crippen LogP contribution in [0.25, 0.3) is 0 Å². The number of carbonyl (C=O) groups is 3. The first-order valence-electron chi connectivity index (χ1n) is 10.9. The van der Waals surface area contributed by atoms with Crippen molar-refractivity contribution < 1.29 is 33.7 Å². The quantitative estimate of drug-likeness (QED) is 0.268. The molecule has 7 nitrogen and oxygen atoms in total. The molecule has 0 aromatic heterocycles. The van der Waals surface area contributed by atoms with Crippen LogP contribution in [0.2, 0.25) is 0 Å². The first-order valence-corrected chi connectivity index (χ1v) is 12.0. The van der Waals surface area contributed by atoms with Crippen molar-refractivity contribution >= 4 is 52.5 Å². The van der Waals surface area contributed by atoms with Gasteiger partial charge in [-0.3, -0.25) is 9.59 Å². The lowest BCUT2D eigenvalue weighted by Gasteiger charge is -2.35. The van der Waals surface area contributed by atoms with Crippen LogP contribution in [0.5, 0.6) is 0 Å². The fourth-order valence-corrected chi connectivity index (χ4v) is 3.62. The van der Waals surface area contributed by atoms with Gasteiger partial charge in [-0.05, 0) is 12.5 Å². The van der Waals surface area contributed by atoms with Crippen LogP contribution in [0.15, 0.2) is 30.3 Å². The van der Waals surface area contributed by atoms with E-state index >= 15 is 0 Å². The first kappa shape index (κ1) is 30.7. The number of ether oxygens (including phenoxy) is 3. The number of Topliss-reactive ketones (excluding diaryl/α,β-unsaturated/α-hetero) is 2. The van der Waals surface area contributed by atoms with Crippen LogP contribution >= 0.6 is 34.8 Å². The number of rotatable bonds is 13. The Morgan fingerprint density at radius 1 is 1.06 bits per heavy atom. The summed E-state index contributed by atoms with van der Waals surface area (Å²) >= 11 is 16.9. The van der Waals surface area contributed by atoms with Gasteiger partial charge in [0.05, 0.1) is 30.7 Å². The molecule has 0 radical (unpaired) electrons. The molecular weight excluding hydrogens is 507 g/mol. The minimum absolute atomic E-state index is 0.169. The molecule has 0 amide bonds. The van der Waals surface area contributed by atoms with Crippen LogP contribution in [-0.2, 0) is 30.4 Å². The molecule has 4 atom stereocenters. The van der Waals surface area contributed by atoms with Crippen molar-refractivity contribution in [3.63, 3.8) is 0 Å².